The summed E-state index contributed by atoms with van der Waals surface area (Å²) < 4.78 is 0. The average Bonchev–Trinajstić information content (AvgIpc) is 2.81. The molecule has 0 aliphatic carbocycles. The molecule has 2 atom stereocenters. The number of aliphatic hydroxyl groups is 1. The molecule has 2 aliphatic rings. The summed E-state index contributed by atoms with van der Waals surface area (Å²) in [6, 6.07) is 7.49. The predicted molar refractivity (Wildman–Crippen MR) is 94.9 cm³/mol. The van der Waals surface area contributed by atoms with Crippen molar-refractivity contribution in [2.75, 3.05) is 19.6 Å². The van der Waals surface area contributed by atoms with Gasteiger partial charge >= 0.3 is 6.03 Å². The van der Waals surface area contributed by atoms with Crippen molar-refractivity contribution in [3.63, 3.8) is 0 Å². The molecule has 3 amide bonds. The van der Waals surface area contributed by atoms with Crippen LogP contribution >= 0.6 is 0 Å². The van der Waals surface area contributed by atoms with Gasteiger partial charge in [0.1, 0.15) is 6.04 Å². The van der Waals surface area contributed by atoms with Crippen LogP contribution in [0.3, 0.4) is 0 Å². The molecular formula is C19H27N3O3. The van der Waals surface area contributed by atoms with Crippen LogP contribution in [0.25, 0.3) is 0 Å². The van der Waals surface area contributed by atoms with Gasteiger partial charge in [-0.1, -0.05) is 38.1 Å². The molecule has 0 aromatic heterocycles. The van der Waals surface area contributed by atoms with E-state index < -0.39 is 18.2 Å². The number of carbonyl (C=O) groups excluding carboxylic acids is 2. The smallest absolute Gasteiger partial charge is 0.324 e. The molecule has 3 rings (SSSR count). The largest absolute Gasteiger partial charge is 0.390 e. The van der Waals surface area contributed by atoms with Crippen LogP contribution in [0.2, 0.25) is 0 Å². The zero-order chi connectivity index (χ0) is 18.0. The van der Waals surface area contributed by atoms with Crippen molar-refractivity contribution >= 4 is 11.9 Å². The van der Waals surface area contributed by atoms with Gasteiger partial charge in [0.2, 0.25) is 0 Å². The van der Waals surface area contributed by atoms with Gasteiger partial charge in [0.15, 0.2) is 0 Å². The van der Waals surface area contributed by atoms with E-state index in [1.54, 1.807) is 0 Å². The molecule has 25 heavy (non-hydrogen) atoms. The van der Waals surface area contributed by atoms with Gasteiger partial charge in [0, 0.05) is 19.6 Å². The first kappa shape index (κ1) is 17.9. The molecule has 2 N–H and O–H groups in total. The molecule has 2 aliphatic heterocycles. The highest BCUT2D eigenvalue weighted by Crippen LogP contribution is 2.19. The van der Waals surface area contributed by atoms with Gasteiger partial charge in [-0.15, -0.1) is 0 Å². The topological polar surface area (TPSA) is 72.9 Å². The Labute approximate surface area is 148 Å². The average molecular weight is 345 g/mol. The van der Waals surface area contributed by atoms with Crippen LogP contribution in [0.4, 0.5) is 4.79 Å². The number of hydrogen-bond acceptors (Lipinski definition) is 4. The Balaban J connectivity index is 1.54. The number of β-amino-alcohol motifs (C(OH)–C–C–N with tert-alkyl or cyclic N) is 1. The number of fused-ring (bicyclic) bond motifs is 1. The SMILES string of the molecule is CC(C)C[C@H]1NC(=O)N(C[C@@H](O)CN2CCc3ccccc3C2)C1=O. The number of amides is 3. The molecule has 1 aromatic rings. The Bertz CT molecular complexity index is 647. The second kappa shape index (κ2) is 7.54. The minimum absolute atomic E-state index is 0.0530. The highest BCUT2D eigenvalue weighted by Gasteiger charge is 2.39. The van der Waals surface area contributed by atoms with Crippen LogP contribution in [-0.4, -0.2) is 58.6 Å². The van der Waals surface area contributed by atoms with Crippen molar-refractivity contribution in [3.8, 4) is 0 Å². The van der Waals surface area contributed by atoms with E-state index in [9.17, 15) is 14.7 Å². The maximum atomic E-state index is 12.4. The summed E-state index contributed by atoms with van der Waals surface area (Å²) in [6.07, 6.45) is 0.848. The number of aliphatic hydroxyl groups excluding tert-OH is 1. The van der Waals surface area contributed by atoms with Gasteiger partial charge in [-0.25, -0.2) is 4.79 Å². The number of rotatable bonds is 6. The van der Waals surface area contributed by atoms with Crippen LogP contribution in [0.15, 0.2) is 24.3 Å². The Kier molecular flexibility index (Phi) is 5.39. The molecular weight excluding hydrogens is 318 g/mol. The van der Waals surface area contributed by atoms with Gasteiger partial charge in [-0.05, 0) is 29.9 Å². The second-order valence-corrected chi connectivity index (χ2v) is 7.49. The lowest BCUT2D eigenvalue weighted by molar-refractivity contribution is -0.128. The van der Waals surface area contributed by atoms with Crippen molar-refractivity contribution in [2.24, 2.45) is 5.92 Å². The van der Waals surface area contributed by atoms with E-state index in [1.807, 2.05) is 19.9 Å². The summed E-state index contributed by atoms with van der Waals surface area (Å²) in [6.45, 7) is 6.22. The third kappa shape index (κ3) is 4.19. The fraction of sp³-hybridized carbons (Fsp3) is 0.579. The number of nitrogens with one attached hydrogen (secondary N) is 1. The minimum atomic E-state index is -0.738. The minimum Gasteiger partial charge on any atom is -0.390 e. The zero-order valence-electron chi connectivity index (χ0n) is 14.9. The van der Waals surface area contributed by atoms with Gasteiger partial charge in [-0.3, -0.25) is 14.6 Å². The number of urea groups is 1. The first-order chi connectivity index (χ1) is 11.9. The van der Waals surface area contributed by atoms with Crippen molar-refractivity contribution in [1.29, 1.82) is 0 Å². The van der Waals surface area contributed by atoms with Crippen LogP contribution in [0.1, 0.15) is 31.4 Å². The molecule has 136 valence electrons. The molecule has 1 aromatic carbocycles. The van der Waals surface area contributed by atoms with E-state index in [0.29, 0.717) is 18.9 Å². The number of hydrogen-bond donors (Lipinski definition) is 2. The third-order valence-electron chi connectivity index (χ3n) is 4.89. The van der Waals surface area contributed by atoms with E-state index in [0.717, 1.165) is 24.4 Å². The Morgan fingerprint density at radius 1 is 1.20 bits per heavy atom. The van der Waals surface area contributed by atoms with Crippen molar-refractivity contribution in [2.45, 2.75) is 45.4 Å². The molecule has 1 saturated heterocycles. The standard InChI is InChI=1S/C19H27N3O3/c1-13(2)9-17-18(24)22(19(25)20-17)12-16(23)11-21-8-7-14-5-3-4-6-15(14)10-21/h3-6,13,16-17,23H,7-12H2,1-2H3,(H,20,25)/t16-,17+/m0/s1. The van der Waals surface area contributed by atoms with Crippen LogP contribution in [0, 0.1) is 5.92 Å². The van der Waals surface area contributed by atoms with Crippen molar-refractivity contribution < 1.29 is 14.7 Å². The highest BCUT2D eigenvalue weighted by atomic mass is 16.3. The van der Waals surface area contributed by atoms with Crippen molar-refractivity contribution in [1.82, 2.24) is 15.1 Å². The van der Waals surface area contributed by atoms with Crippen molar-refractivity contribution in [3.05, 3.63) is 35.4 Å². The molecule has 6 nitrogen and oxygen atoms in total. The summed E-state index contributed by atoms with van der Waals surface area (Å²) in [7, 11) is 0. The molecule has 0 saturated carbocycles. The monoisotopic (exact) mass is 345 g/mol. The summed E-state index contributed by atoms with van der Waals surface area (Å²) >= 11 is 0. The molecule has 0 unspecified atom stereocenters. The van der Waals surface area contributed by atoms with E-state index in [1.165, 1.54) is 11.1 Å². The summed E-state index contributed by atoms with van der Waals surface area (Å²) in [4.78, 5) is 27.7. The van der Waals surface area contributed by atoms with Gasteiger partial charge in [0.25, 0.3) is 5.91 Å². The lowest BCUT2D eigenvalue weighted by Crippen LogP contribution is -2.44. The maximum absolute atomic E-state index is 12.4. The second-order valence-electron chi connectivity index (χ2n) is 7.49. The number of benzene rings is 1. The first-order valence-corrected chi connectivity index (χ1v) is 9.03. The van der Waals surface area contributed by atoms with E-state index >= 15 is 0 Å². The van der Waals surface area contributed by atoms with E-state index in [-0.39, 0.29) is 12.5 Å². The molecule has 6 heteroatoms. The summed E-state index contributed by atoms with van der Waals surface area (Å²) in [5.74, 6) is 0.106. The fourth-order valence-electron chi connectivity index (χ4n) is 3.66. The maximum Gasteiger partial charge on any atom is 0.324 e. The Morgan fingerprint density at radius 3 is 2.64 bits per heavy atom. The van der Waals surface area contributed by atoms with Gasteiger partial charge in [0.05, 0.1) is 12.6 Å². The summed E-state index contributed by atoms with van der Waals surface area (Å²) in [5.41, 5.74) is 2.65. The number of imide groups is 1. The first-order valence-electron chi connectivity index (χ1n) is 9.03. The van der Waals surface area contributed by atoms with Gasteiger partial charge < -0.3 is 10.4 Å². The normalized spacial score (nSPS) is 22.2. The van der Waals surface area contributed by atoms with Crippen LogP contribution < -0.4 is 5.32 Å². The predicted octanol–water partition coefficient (Wildman–Crippen LogP) is 1.37. The number of carbonyl (C=O) groups is 2. The lowest BCUT2D eigenvalue weighted by atomic mass is 10.00. The molecule has 1 fully saturated rings. The van der Waals surface area contributed by atoms with Crippen LogP contribution in [0.5, 0.6) is 0 Å². The molecule has 2 heterocycles. The highest BCUT2D eigenvalue weighted by molar-refractivity contribution is 6.04. The fourth-order valence-corrected chi connectivity index (χ4v) is 3.66. The van der Waals surface area contributed by atoms with Gasteiger partial charge in [-0.2, -0.15) is 0 Å². The Hall–Kier alpha value is -1.92. The Morgan fingerprint density at radius 2 is 1.92 bits per heavy atom. The van der Waals surface area contributed by atoms with Crippen LogP contribution in [-0.2, 0) is 17.8 Å². The third-order valence-corrected chi connectivity index (χ3v) is 4.89. The van der Waals surface area contributed by atoms with E-state index in [2.05, 4.69) is 28.4 Å². The molecule has 0 spiro atoms. The quantitative estimate of drug-likeness (QED) is 0.764. The summed E-state index contributed by atoms with van der Waals surface area (Å²) in [5, 5.41) is 13.1. The molecule has 0 radical (unpaired) electrons. The lowest BCUT2D eigenvalue weighted by Gasteiger charge is -2.31. The molecule has 0 bridgehead atoms. The number of nitrogens with zero attached hydrogens (tertiary/aromatic N) is 2. The van der Waals surface area contributed by atoms with E-state index in [4.69, 9.17) is 0 Å². The zero-order valence-corrected chi connectivity index (χ0v) is 14.9.